The van der Waals surface area contributed by atoms with Gasteiger partial charge in [0.2, 0.25) is 5.91 Å². The smallest absolute Gasteiger partial charge is 0.275 e. The molecule has 0 bridgehead atoms. The van der Waals surface area contributed by atoms with Gasteiger partial charge in [-0.15, -0.1) is 0 Å². The summed E-state index contributed by atoms with van der Waals surface area (Å²) in [6, 6.07) is 12.8. The molecule has 0 saturated heterocycles. The van der Waals surface area contributed by atoms with Crippen molar-refractivity contribution < 1.29 is 9.59 Å². The first-order valence-corrected chi connectivity index (χ1v) is 8.76. The lowest BCUT2D eigenvalue weighted by molar-refractivity contribution is -0.114. The molecule has 0 spiro atoms. The highest BCUT2D eigenvalue weighted by Gasteiger charge is 2.09. The molecule has 0 saturated carbocycles. The van der Waals surface area contributed by atoms with Crippen LogP contribution in [0.25, 0.3) is 0 Å². The first kappa shape index (κ1) is 19.0. The molecule has 0 unspecified atom stereocenters. The zero-order valence-corrected chi connectivity index (χ0v) is 15.9. The lowest BCUT2D eigenvalue weighted by Gasteiger charge is -2.09. The van der Waals surface area contributed by atoms with Gasteiger partial charge in [0.1, 0.15) is 11.5 Å². The lowest BCUT2D eigenvalue weighted by Crippen LogP contribution is -2.14. The average Bonchev–Trinajstić information content (AvgIpc) is 2.66. The van der Waals surface area contributed by atoms with Crippen LogP contribution in [0.5, 0.6) is 0 Å². The normalized spacial score (nSPS) is 10.2. The van der Waals surface area contributed by atoms with Crippen molar-refractivity contribution in [3.05, 3.63) is 71.7 Å². The van der Waals surface area contributed by atoms with E-state index in [1.165, 1.54) is 30.4 Å². The highest BCUT2D eigenvalue weighted by Crippen LogP contribution is 2.18. The van der Waals surface area contributed by atoms with Crippen molar-refractivity contribution >= 4 is 34.7 Å². The van der Waals surface area contributed by atoms with Crippen LogP contribution in [0, 0.1) is 13.8 Å². The van der Waals surface area contributed by atoms with Gasteiger partial charge in [0, 0.05) is 24.0 Å². The zero-order chi connectivity index (χ0) is 20.1. The van der Waals surface area contributed by atoms with Gasteiger partial charge in [-0.2, -0.15) is 0 Å². The second-order valence-electron chi connectivity index (χ2n) is 6.42. The Balaban J connectivity index is 1.63. The molecule has 0 atom stereocenters. The molecule has 0 aliphatic rings. The lowest BCUT2D eigenvalue weighted by atomic mass is 10.1. The molecule has 0 aliphatic heterocycles. The topological polar surface area (TPSA) is 96.0 Å². The summed E-state index contributed by atoms with van der Waals surface area (Å²) in [5.41, 5.74) is 4.77. The predicted octanol–water partition coefficient (Wildman–Crippen LogP) is 4.05. The quantitative estimate of drug-likeness (QED) is 0.625. The molecule has 3 rings (SSSR count). The number of hydrogen-bond donors (Lipinski definition) is 3. The van der Waals surface area contributed by atoms with Crippen LogP contribution in [0.15, 0.2) is 54.9 Å². The summed E-state index contributed by atoms with van der Waals surface area (Å²) in [5.74, 6) is 0.0403. The van der Waals surface area contributed by atoms with E-state index in [2.05, 4.69) is 32.8 Å². The second-order valence-corrected chi connectivity index (χ2v) is 6.42. The summed E-state index contributed by atoms with van der Waals surface area (Å²) in [7, 11) is 0. The number of nitrogens with zero attached hydrogens (tertiary/aromatic N) is 2. The molecule has 0 fully saturated rings. The summed E-state index contributed by atoms with van der Waals surface area (Å²) in [5, 5.41) is 8.59. The van der Waals surface area contributed by atoms with Gasteiger partial charge >= 0.3 is 0 Å². The second kappa shape index (κ2) is 8.30. The van der Waals surface area contributed by atoms with Gasteiger partial charge < -0.3 is 16.0 Å². The molecule has 7 heteroatoms. The number of carbonyl (C=O) groups is 2. The standard InChI is InChI=1S/C21H21N5O2/c1-13-4-5-18(10-14(13)2)25-20-12-22-19(11-23-20)21(28)26-17-8-6-16(7-9-17)24-15(3)27/h4-12H,1-3H3,(H,23,25)(H,24,27)(H,26,28). The molecule has 7 nitrogen and oxygen atoms in total. The molecule has 0 radical (unpaired) electrons. The van der Waals surface area contributed by atoms with E-state index in [4.69, 9.17) is 0 Å². The Morgan fingerprint density at radius 1 is 0.786 bits per heavy atom. The van der Waals surface area contributed by atoms with Crippen molar-refractivity contribution in [3.63, 3.8) is 0 Å². The molecule has 2 amide bonds. The number of aryl methyl sites for hydroxylation is 2. The van der Waals surface area contributed by atoms with Gasteiger partial charge in [-0.05, 0) is 61.4 Å². The van der Waals surface area contributed by atoms with Crippen LogP contribution in [-0.2, 0) is 4.79 Å². The van der Waals surface area contributed by atoms with Crippen LogP contribution in [-0.4, -0.2) is 21.8 Å². The number of anilines is 4. The Morgan fingerprint density at radius 2 is 1.43 bits per heavy atom. The minimum absolute atomic E-state index is 0.151. The van der Waals surface area contributed by atoms with Crippen molar-refractivity contribution in [2.45, 2.75) is 20.8 Å². The van der Waals surface area contributed by atoms with Gasteiger partial charge in [0.05, 0.1) is 12.4 Å². The summed E-state index contributed by atoms with van der Waals surface area (Å²) in [6.45, 7) is 5.54. The molecule has 3 N–H and O–H groups in total. The molecule has 1 heterocycles. The third kappa shape index (κ3) is 4.91. The van der Waals surface area contributed by atoms with E-state index in [0.29, 0.717) is 17.2 Å². The van der Waals surface area contributed by atoms with Crippen molar-refractivity contribution in [1.82, 2.24) is 9.97 Å². The molecule has 142 valence electrons. The largest absolute Gasteiger partial charge is 0.339 e. The molecule has 0 aliphatic carbocycles. The van der Waals surface area contributed by atoms with Gasteiger partial charge in [0.15, 0.2) is 0 Å². The maximum absolute atomic E-state index is 12.3. The predicted molar refractivity (Wildman–Crippen MR) is 110 cm³/mol. The van der Waals surface area contributed by atoms with Crippen LogP contribution in [0.3, 0.4) is 0 Å². The van der Waals surface area contributed by atoms with E-state index < -0.39 is 0 Å². The fraction of sp³-hybridized carbons (Fsp3) is 0.143. The monoisotopic (exact) mass is 375 g/mol. The third-order valence-corrected chi connectivity index (χ3v) is 4.13. The van der Waals surface area contributed by atoms with Crippen LogP contribution >= 0.6 is 0 Å². The van der Waals surface area contributed by atoms with Crippen molar-refractivity contribution in [2.24, 2.45) is 0 Å². The molecule has 28 heavy (non-hydrogen) atoms. The number of hydrogen-bond acceptors (Lipinski definition) is 5. The molecule has 1 aromatic heterocycles. The maximum atomic E-state index is 12.3. The summed E-state index contributed by atoms with van der Waals surface area (Å²) in [6.07, 6.45) is 2.94. The SMILES string of the molecule is CC(=O)Nc1ccc(NC(=O)c2cnc(Nc3ccc(C)c(C)c3)cn2)cc1. The number of aromatic nitrogens is 2. The molecular formula is C21H21N5O2. The van der Waals surface area contributed by atoms with E-state index in [1.54, 1.807) is 24.3 Å². The third-order valence-electron chi connectivity index (χ3n) is 4.13. The maximum Gasteiger partial charge on any atom is 0.275 e. The summed E-state index contributed by atoms with van der Waals surface area (Å²) >= 11 is 0. The molecule has 2 aromatic carbocycles. The van der Waals surface area contributed by atoms with E-state index in [1.807, 2.05) is 25.1 Å². The van der Waals surface area contributed by atoms with Gasteiger partial charge in [-0.1, -0.05) is 6.07 Å². The summed E-state index contributed by atoms with van der Waals surface area (Å²) < 4.78 is 0. The van der Waals surface area contributed by atoms with E-state index in [9.17, 15) is 9.59 Å². The molecule has 3 aromatic rings. The van der Waals surface area contributed by atoms with Gasteiger partial charge in [-0.3, -0.25) is 9.59 Å². The molecular weight excluding hydrogens is 354 g/mol. The zero-order valence-electron chi connectivity index (χ0n) is 15.9. The van der Waals surface area contributed by atoms with Crippen LogP contribution in [0.2, 0.25) is 0 Å². The first-order valence-electron chi connectivity index (χ1n) is 8.76. The van der Waals surface area contributed by atoms with Crippen molar-refractivity contribution in [1.29, 1.82) is 0 Å². The van der Waals surface area contributed by atoms with E-state index >= 15 is 0 Å². The first-order chi connectivity index (χ1) is 13.4. The average molecular weight is 375 g/mol. The number of carbonyl (C=O) groups excluding carboxylic acids is 2. The summed E-state index contributed by atoms with van der Waals surface area (Å²) in [4.78, 5) is 31.8. The van der Waals surface area contributed by atoms with Crippen molar-refractivity contribution in [2.75, 3.05) is 16.0 Å². The number of benzene rings is 2. The number of nitrogens with one attached hydrogen (secondary N) is 3. The van der Waals surface area contributed by atoms with Crippen molar-refractivity contribution in [3.8, 4) is 0 Å². The van der Waals surface area contributed by atoms with E-state index in [-0.39, 0.29) is 17.5 Å². The van der Waals surface area contributed by atoms with Crippen LogP contribution in [0.4, 0.5) is 22.9 Å². The fourth-order valence-electron chi connectivity index (χ4n) is 2.51. The van der Waals surface area contributed by atoms with Crippen LogP contribution < -0.4 is 16.0 Å². The number of rotatable bonds is 5. The minimum Gasteiger partial charge on any atom is -0.339 e. The Bertz CT molecular complexity index is 998. The fourth-order valence-corrected chi connectivity index (χ4v) is 2.51. The number of amides is 2. The van der Waals surface area contributed by atoms with E-state index in [0.717, 1.165) is 5.69 Å². The Hall–Kier alpha value is -3.74. The Kier molecular flexibility index (Phi) is 5.64. The Labute approximate surface area is 163 Å². The van der Waals surface area contributed by atoms with Gasteiger partial charge in [0.25, 0.3) is 5.91 Å². The van der Waals surface area contributed by atoms with Crippen LogP contribution in [0.1, 0.15) is 28.5 Å². The highest BCUT2D eigenvalue weighted by molar-refractivity contribution is 6.02. The Morgan fingerprint density at radius 3 is 2.00 bits per heavy atom. The minimum atomic E-state index is -0.363. The highest BCUT2D eigenvalue weighted by atomic mass is 16.2. The van der Waals surface area contributed by atoms with Gasteiger partial charge in [-0.25, -0.2) is 9.97 Å².